The fraction of sp³-hybridized carbons (Fsp3) is 0.562. The molecule has 0 saturated carbocycles. The number of aromatic amines is 1. The summed E-state index contributed by atoms with van der Waals surface area (Å²) in [6, 6.07) is 2.08. The molecule has 0 aromatic carbocycles. The molecule has 0 spiro atoms. The third kappa shape index (κ3) is 3.72. The largest absolute Gasteiger partial charge is 0.350 e. The number of hydrogen-bond donors (Lipinski definition) is 2. The van der Waals surface area contributed by atoms with E-state index in [9.17, 15) is 4.79 Å². The van der Waals surface area contributed by atoms with Crippen molar-refractivity contribution in [1.82, 2.24) is 20.1 Å². The Morgan fingerprint density at radius 3 is 3.09 bits per heavy atom. The van der Waals surface area contributed by atoms with Crippen LogP contribution in [0.3, 0.4) is 0 Å². The zero-order chi connectivity index (χ0) is 16.2. The molecule has 1 amide bonds. The van der Waals surface area contributed by atoms with Gasteiger partial charge in [-0.2, -0.15) is 5.10 Å². The van der Waals surface area contributed by atoms with Crippen molar-refractivity contribution in [2.75, 3.05) is 6.54 Å². The highest BCUT2D eigenvalue weighted by Gasteiger charge is 2.16. The van der Waals surface area contributed by atoms with E-state index >= 15 is 0 Å². The summed E-state index contributed by atoms with van der Waals surface area (Å²) in [4.78, 5) is 14.6. The molecular formula is C16H22N4OS2. The van der Waals surface area contributed by atoms with Crippen molar-refractivity contribution in [1.29, 1.82) is 0 Å². The smallest absolute Gasteiger partial charge is 0.261 e. The minimum Gasteiger partial charge on any atom is -0.350 e. The molecule has 7 heteroatoms. The number of nitrogens with one attached hydrogen (secondary N) is 2. The van der Waals surface area contributed by atoms with Gasteiger partial charge in [0.05, 0.1) is 4.88 Å². The van der Waals surface area contributed by atoms with Crippen molar-refractivity contribution in [2.24, 2.45) is 0 Å². The molecule has 0 bridgehead atoms. The van der Waals surface area contributed by atoms with E-state index in [1.54, 1.807) is 11.3 Å². The van der Waals surface area contributed by atoms with Crippen LogP contribution in [0.4, 0.5) is 0 Å². The maximum atomic E-state index is 12.4. The van der Waals surface area contributed by atoms with Crippen LogP contribution >= 0.6 is 23.6 Å². The average Bonchev–Trinajstić information content (AvgIpc) is 3.04. The summed E-state index contributed by atoms with van der Waals surface area (Å²) in [6.07, 6.45) is 6.84. The van der Waals surface area contributed by atoms with Gasteiger partial charge in [-0.05, 0) is 49.5 Å². The van der Waals surface area contributed by atoms with Gasteiger partial charge in [-0.3, -0.25) is 9.89 Å². The fourth-order valence-electron chi connectivity index (χ4n) is 3.00. The molecule has 0 fully saturated rings. The topological polar surface area (TPSA) is 62.7 Å². The number of rotatable bonds is 5. The van der Waals surface area contributed by atoms with E-state index in [0.29, 0.717) is 17.9 Å². The van der Waals surface area contributed by atoms with Crippen LogP contribution in [0.25, 0.3) is 0 Å². The van der Waals surface area contributed by atoms with Crippen LogP contribution in [-0.2, 0) is 25.8 Å². The number of carbonyl (C=O) groups is 1. The summed E-state index contributed by atoms with van der Waals surface area (Å²) >= 11 is 6.88. The van der Waals surface area contributed by atoms with Gasteiger partial charge in [0.25, 0.3) is 5.91 Å². The molecule has 2 aromatic heterocycles. The lowest BCUT2D eigenvalue weighted by Crippen LogP contribution is -2.27. The molecule has 0 aliphatic heterocycles. The van der Waals surface area contributed by atoms with E-state index < -0.39 is 0 Å². The van der Waals surface area contributed by atoms with Crippen molar-refractivity contribution in [3.63, 3.8) is 0 Å². The summed E-state index contributed by atoms with van der Waals surface area (Å²) < 4.78 is 2.55. The summed E-state index contributed by atoms with van der Waals surface area (Å²) in [5, 5.41) is 9.98. The lowest BCUT2D eigenvalue weighted by molar-refractivity contribution is 0.0956. The van der Waals surface area contributed by atoms with Crippen molar-refractivity contribution in [3.05, 3.63) is 32.0 Å². The molecule has 1 aliphatic rings. The summed E-state index contributed by atoms with van der Waals surface area (Å²) in [5.41, 5.74) is 1.38. The summed E-state index contributed by atoms with van der Waals surface area (Å²) in [7, 11) is 0. The van der Waals surface area contributed by atoms with Gasteiger partial charge in [0.1, 0.15) is 5.82 Å². The first-order valence-electron chi connectivity index (χ1n) is 8.23. The zero-order valence-corrected chi connectivity index (χ0v) is 15.0. The normalized spacial score (nSPS) is 14.3. The average molecular weight is 351 g/mol. The van der Waals surface area contributed by atoms with Crippen LogP contribution in [-0.4, -0.2) is 27.2 Å². The lowest BCUT2D eigenvalue weighted by atomic mass is 10.1. The van der Waals surface area contributed by atoms with Gasteiger partial charge in [0.2, 0.25) is 0 Å². The molecule has 0 saturated heterocycles. The zero-order valence-electron chi connectivity index (χ0n) is 13.4. The highest BCUT2D eigenvalue weighted by Crippen LogP contribution is 2.28. The Labute approximate surface area is 145 Å². The molecular weight excluding hydrogens is 328 g/mol. The van der Waals surface area contributed by atoms with E-state index in [2.05, 4.69) is 21.6 Å². The van der Waals surface area contributed by atoms with Crippen LogP contribution in [0.5, 0.6) is 0 Å². The number of aryl methyl sites for hydroxylation is 3. The molecule has 2 heterocycles. The van der Waals surface area contributed by atoms with Crippen LogP contribution in [0.2, 0.25) is 0 Å². The van der Waals surface area contributed by atoms with Gasteiger partial charge in [0, 0.05) is 24.4 Å². The van der Waals surface area contributed by atoms with Gasteiger partial charge >= 0.3 is 0 Å². The second-order valence-electron chi connectivity index (χ2n) is 5.83. The Kier molecular flexibility index (Phi) is 5.27. The Bertz CT molecular complexity index is 720. The predicted octanol–water partition coefficient (Wildman–Crippen LogP) is 3.26. The van der Waals surface area contributed by atoms with Gasteiger partial charge in [-0.15, -0.1) is 11.3 Å². The maximum Gasteiger partial charge on any atom is 0.261 e. The number of H-pyrrole nitrogens is 1. The van der Waals surface area contributed by atoms with E-state index in [-0.39, 0.29) is 5.91 Å². The Morgan fingerprint density at radius 1 is 1.43 bits per heavy atom. The first-order valence-corrected chi connectivity index (χ1v) is 9.45. The number of carbonyl (C=O) groups excluding carboxylic acids is 1. The van der Waals surface area contributed by atoms with Crippen molar-refractivity contribution >= 4 is 29.5 Å². The molecule has 2 N–H and O–H groups in total. The van der Waals surface area contributed by atoms with Gasteiger partial charge in [0.15, 0.2) is 4.77 Å². The van der Waals surface area contributed by atoms with Crippen LogP contribution in [0.1, 0.15) is 52.1 Å². The van der Waals surface area contributed by atoms with Crippen LogP contribution in [0, 0.1) is 4.77 Å². The number of aromatic nitrogens is 3. The van der Waals surface area contributed by atoms with Crippen molar-refractivity contribution < 1.29 is 4.79 Å². The molecule has 0 radical (unpaired) electrons. The molecule has 124 valence electrons. The minimum atomic E-state index is 0.0242. The van der Waals surface area contributed by atoms with Gasteiger partial charge in [-0.1, -0.05) is 13.3 Å². The monoisotopic (exact) mass is 350 g/mol. The fourth-order valence-corrected chi connectivity index (χ4v) is 4.41. The van der Waals surface area contributed by atoms with E-state index in [1.807, 2.05) is 11.5 Å². The number of thiophene rings is 1. The Balaban J connectivity index is 1.59. The maximum absolute atomic E-state index is 12.4. The predicted molar refractivity (Wildman–Crippen MR) is 94.7 cm³/mol. The second kappa shape index (κ2) is 7.40. The molecule has 1 aliphatic carbocycles. The Morgan fingerprint density at radius 2 is 2.26 bits per heavy atom. The number of hydrogen-bond acceptors (Lipinski definition) is 4. The molecule has 5 nitrogen and oxygen atoms in total. The van der Waals surface area contributed by atoms with Crippen LogP contribution < -0.4 is 5.32 Å². The first-order chi connectivity index (χ1) is 11.2. The molecule has 0 unspecified atom stereocenters. The van der Waals surface area contributed by atoms with E-state index in [4.69, 9.17) is 12.2 Å². The number of fused-ring (bicyclic) bond motifs is 1. The standard InChI is InChI=1S/C16H22N4OS2/c1-2-14-18-19-16(22)20(14)9-8-17-15(21)13-10-11-6-4-3-5-7-12(11)23-13/h10H,2-9H2,1H3,(H,17,21)(H,19,22). The van der Waals surface area contributed by atoms with Crippen molar-refractivity contribution in [2.45, 2.75) is 52.0 Å². The molecule has 23 heavy (non-hydrogen) atoms. The highest BCUT2D eigenvalue weighted by molar-refractivity contribution is 7.71. The van der Waals surface area contributed by atoms with E-state index in [0.717, 1.165) is 30.0 Å². The van der Waals surface area contributed by atoms with E-state index in [1.165, 1.54) is 29.7 Å². The van der Waals surface area contributed by atoms with Crippen LogP contribution in [0.15, 0.2) is 6.07 Å². The quantitative estimate of drug-likeness (QED) is 0.643. The SMILES string of the molecule is CCc1n[nH]c(=S)n1CCNC(=O)c1cc2c(s1)CCCCC2. The molecule has 2 aromatic rings. The lowest BCUT2D eigenvalue weighted by Gasteiger charge is -2.06. The minimum absolute atomic E-state index is 0.0242. The Hall–Kier alpha value is -1.47. The third-order valence-electron chi connectivity index (χ3n) is 4.24. The van der Waals surface area contributed by atoms with Gasteiger partial charge < -0.3 is 9.88 Å². The second-order valence-corrected chi connectivity index (χ2v) is 7.35. The first kappa shape index (κ1) is 16.4. The van der Waals surface area contributed by atoms with Gasteiger partial charge in [-0.25, -0.2) is 0 Å². The third-order valence-corrected chi connectivity index (χ3v) is 5.79. The molecule has 0 atom stereocenters. The number of nitrogens with zero attached hydrogens (tertiary/aromatic N) is 2. The summed E-state index contributed by atoms with van der Waals surface area (Å²) in [6.45, 7) is 3.25. The molecule has 3 rings (SSSR count). The number of amides is 1. The highest BCUT2D eigenvalue weighted by atomic mass is 32.1. The van der Waals surface area contributed by atoms with Crippen molar-refractivity contribution in [3.8, 4) is 0 Å². The summed E-state index contributed by atoms with van der Waals surface area (Å²) in [5.74, 6) is 0.947.